The van der Waals surface area contributed by atoms with Crippen LogP contribution < -0.4 is 0 Å². The van der Waals surface area contributed by atoms with Gasteiger partial charge in [0.25, 0.3) is 0 Å². The van der Waals surface area contributed by atoms with Crippen LogP contribution in [-0.4, -0.2) is 48.6 Å². The van der Waals surface area contributed by atoms with Crippen LogP contribution >= 0.6 is 0 Å². The highest BCUT2D eigenvalue weighted by Gasteiger charge is 2.39. The van der Waals surface area contributed by atoms with E-state index in [-0.39, 0.29) is 11.6 Å². The molecule has 0 saturated carbocycles. The highest BCUT2D eigenvalue weighted by Crippen LogP contribution is 2.31. The predicted octanol–water partition coefficient (Wildman–Crippen LogP) is 1.70. The lowest BCUT2D eigenvalue weighted by Crippen LogP contribution is -2.46. The molecule has 2 aliphatic rings. The first kappa shape index (κ1) is 13.9. The van der Waals surface area contributed by atoms with Gasteiger partial charge in [-0.15, -0.1) is 0 Å². The highest BCUT2D eigenvalue weighted by molar-refractivity contribution is 5.18. The average Bonchev–Trinajstić information content (AvgIpc) is 2.91. The highest BCUT2D eigenvalue weighted by atomic mass is 19.1. The second kappa shape index (κ2) is 5.77. The lowest BCUT2D eigenvalue weighted by atomic mass is 10.0. The Hall–Kier alpha value is -1.01. The average molecular weight is 281 g/mol. The van der Waals surface area contributed by atoms with E-state index in [1.165, 1.54) is 12.1 Å². The Morgan fingerprint density at radius 2 is 1.75 bits per heavy atom. The van der Waals surface area contributed by atoms with Crippen LogP contribution in [0.15, 0.2) is 24.3 Å². The minimum atomic E-state index is -0.588. The lowest BCUT2D eigenvalue weighted by Gasteiger charge is -2.38. The summed E-state index contributed by atoms with van der Waals surface area (Å²) in [5.41, 5.74) is 0.750. The Labute approximate surface area is 118 Å². The summed E-state index contributed by atoms with van der Waals surface area (Å²) in [6, 6.07) is 6.02. The molecule has 0 unspecified atom stereocenters. The summed E-state index contributed by atoms with van der Waals surface area (Å²) in [6.07, 6.45) is 1.08. The summed E-state index contributed by atoms with van der Waals surface area (Å²) in [5.74, 6) is -0.659. The van der Waals surface area contributed by atoms with Crippen LogP contribution in [0.3, 0.4) is 0 Å². The minimum absolute atomic E-state index is 0.281. The summed E-state index contributed by atoms with van der Waals surface area (Å²) in [5, 5.41) is 10.2. The first-order valence-electron chi connectivity index (χ1n) is 7.11. The fraction of sp³-hybridized carbons (Fsp3) is 0.600. The summed E-state index contributed by atoms with van der Waals surface area (Å²) in [6.45, 7) is 3.61. The Kier molecular flexibility index (Phi) is 4.03. The van der Waals surface area contributed by atoms with Crippen LogP contribution in [0.25, 0.3) is 0 Å². The Morgan fingerprint density at radius 3 is 2.35 bits per heavy atom. The van der Waals surface area contributed by atoms with Gasteiger partial charge in [-0.25, -0.2) is 4.39 Å². The Bertz CT molecular complexity index is 435. The molecular formula is C15H20FNO3. The maximum Gasteiger partial charge on any atom is 0.170 e. The molecule has 3 rings (SSSR count). The van der Waals surface area contributed by atoms with E-state index in [0.29, 0.717) is 19.8 Å². The number of likely N-dealkylation sites (tertiary alicyclic amines) is 1. The third-order valence-corrected chi connectivity index (χ3v) is 4.12. The SMILES string of the molecule is O[C@@H](CN1CCC2(CC1)OCCO2)c1ccc(F)cc1. The molecule has 1 atom stereocenters. The molecule has 2 fully saturated rings. The second-order valence-electron chi connectivity index (χ2n) is 5.48. The number of piperidine rings is 1. The lowest BCUT2D eigenvalue weighted by molar-refractivity contribution is -0.186. The monoisotopic (exact) mass is 281 g/mol. The Balaban J connectivity index is 1.52. The molecule has 1 aromatic carbocycles. The van der Waals surface area contributed by atoms with Crippen molar-refractivity contribution in [3.05, 3.63) is 35.6 Å². The van der Waals surface area contributed by atoms with Gasteiger partial charge in [-0.3, -0.25) is 0 Å². The Morgan fingerprint density at radius 1 is 1.15 bits per heavy atom. The molecule has 0 radical (unpaired) electrons. The molecule has 0 aliphatic carbocycles. The number of β-amino-alcohol motifs (C(OH)–C–C–N with tert-alkyl or cyclic N) is 1. The van der Waals surface area contributed by atoms with Crippen molar-refractivity contribution in [2.75, 3.05) is 32.8 Å². The van der Waals surface area contributed by atoms with Gasteiger partial charge in [0.05, 0.1) is 19.3 Å². The topological polar surface area (TPSA) is 41.9 Å². The molecule has 2 saturated heterocycles. The van der Waals surface area contributed by atoms with E-state index >= 15 is 0 Å². The molecule has 1 aromatic rings. The van der Waals surface area contributed by atoms with Gasteiger partial charge >= 0.3 is 0 Å². The number of nitrogens with zero attached hydrogens (tertiary/aromatic N) is 1. The van der Waals surface area contributed by atoms with Crippen LogP contribution in [0.2, 0.25) is 0 Å². The van der Waals surface area contributed by atoms with Gasteiger partial charge in [0.2, 0.25) is 0 Å². The van der Waals surface area contributed by atoms with E-state index in [9.17, 15) is 9.50 Å². The van der Waals surface area contributed by atoms with E-state index in [0.717, 1.165) is 31.5 Å². The van der Waals surface area contributed by atoms with Crippen molar-refractivity contribution >= 4 is 0 Å². The van der Waals surface area contributed by atoms with Gasteiger partial charge < -0.3 is 19.5 Å². The molecule has 4 nitrogen and oxygen atoms in total. The van der Waals surface area contributed by atoms with Crippen molar-refractivity contribution in [1.82, 2.24) is 4.90 Å². The molecular weight excluding hydrogens is 261 g/mol. The number of ether oxygens (including phenoxy) is 2. The minimum Gasteiger partial charge on any atom is -0.387 e. The van der Waals surface area contributed by atoms with Gasteiger partial charge in [0.15, 0.2) is 5.79 Å². The largest absolute Gasteiger partial charge is 0.387 e. The quantitative estimate of drug-likeness (QED) is 0.915. The number of halogens is 1. The fourth-order valence-electron chi connectivity index (χ4n) is 2.90. The van der Waals surface area contributed by atoms with Crippen LogP contribution in [-0.2, 0) is 9.47 Å². The van der Waals surface area contributed by atoms with Crippen molar-refractivity contribution in [2.24, 2.45) is 0 Å². The smallest absolute Gasteiger partial charge is 0.170 e. The number of hydrogen-bond acceptors (Lipinski definition) is 4. The molecule has 2 heterocycles. The molecule has 0 amide bonds. The summed E-state index contributed by atoms with van der Waals surface area (Å²) < 4.78 is 24.2. The van der Waals surface area contributed by atoms with Gasteiger partial charge in [-0.1, -0.05) is 12.1 Å². The van der Waals surface area contributed by atoms with E-state index in [4.69, 9.17) is 9.47 Å². The normalized spacial score (nSPS) is 24.1. The second-order valence-corrected chi connectivity index (χ2v) is 5.48. The van der Waals surface area contributed by atoms with Crippen LogP contribution in [0.1, 0.15) is 24.5 Å². The molecule has 2 aliphatic heterocycles. The predicted molar refractivity (Wildman–Crippen MR) is 71.7 cm³/mol. The van der Waals surface area contributed by atoms with Crippen LogP contribution in [0.5, 0.6) is 0 Å². The summed E-state index contributed by atoms with van der Waals surface area (Å²) >= 11 is 0. The zero-order valence-corrected chi connectivity index (χ0v) is 11.4. The van der Waals surface area contributed by atoms with Crippen LogP contribution in [0.4, 0.5) is 4.39 Å². The number of aliphatic hydroxyl groups is 1. The standard InChI is InChI=1S/C15H20FNO3/c16-13-3-1-12(2-4-13)14(18)11-17-7-5-15(6-8-17)19-9-10-20-15/h1-4,14,18H,5-11H2/t14-/m0/s1. The first-order chi connectivity index (χ1) is 9.67. The van der Waals surface area contributed by atoms with Crippen LogP contribution in [0, 0.1) is 5.82 Å². The molecule has 0 bridgehead atoms. The molecule has 0 aromatic heterocycles. The fourth-order valence-corrected chi connectivity index (χ4v) is 2.90. The zero-order valence-electron chi connectivity index (χ0n) is 11.4. The van der Waals surface area contributed by atoms with Crippen molar-refractivity contribution in [2.45, 2.75) is 24.7 Å². The van der Waals surface area contributed by atoms with Crippen molar-refractivity contribution in [1.29, 1.82) is 0 Å². The third kappa shape index (κ3) is 3.01. The summed E-state index contributed by atoms with van der Waals surface area (Å²) in [4.78, 5) is 2.20. The zero-order chi connectivity index (χ0) is 14.0. The molecule has 20 heavy (non-hydrogen) atoms. The van der Waals surface area contributed by atoms with Gasteiger partial charge in [-0.2, -0.15) is 0 Å². The number of benzene rings is 1. The molecule has 110 valence electrons. The third-order valence-electron chi connectivity index (χ3n) is 4.12. The van der Waals surface area contributed by atoms with Gasteiger partial charge in [0, 0.05) is 32.5 Å². The van der Waals surface area contributed by atoms with E-state index in [1.807, 2.05) is 0 Å². The van der Waals surface area contributed by atoms with E-state index in [2.05, 4.69) is 4.90 Å². The number of hydrogen-bond donors (Lipinski definition) is 1. The van der Waals surface area contributed by atoms with Crippen molar-refractivity contribution in [3.63, 3.8) is 0 Å². The van der Waals surface area contributed by atoms with Crippen molar-refractivity contribution in [3.8, 4) is 0 Å². The summed E-state index contributed by atoms with van der Waals surface area (Å²) in [7, 11) is 0. The van der Waals surface area contributed by atoms with Crippen molar-refractivity contribution < 1.29 is 19.0 Å². The van der Waals surface area contributed by atoms with E-state index in [1.54, 1.807) is 12.1 Å². The molecule has 1 N–H and O–H groups in total. The molecule has 5 heteroatoms. The first-order valence-corrected chi connectivity index (χ1v) is 7.11. The number of rotatable bonds is 3. The maximum atomic E-state index is 12.9. The maximum absolute atomic E-state index is 12.9. The van der Waals surface area contributed by atoms with E-state index < -0.39 is 6.10 Å². The van der Waals surface area contributed by atoms with Gasteiger partial charge in [-0.05, 0) is 17.7 Å². The van der Waals surface area contributed by atoms with Gasteiger partial charge in [0.1, 0.15) is 5.82 Å². The molecule has 1 spiro atoms. The number of aliphatic hydroxyl groups excluding tert-OH is 1.